The van der Waals surface area contributed by atoms with Crippen molar-refractivity contribution in [2.75, 3.05) is 13.2 Å². The van der Waals surface area contributed by atoms with Crippen LogP contribution in [0, 0.1) is 0 Å². The molecule has 0 radical (unpaired) electrons. The molecule has 0 aliphatic heterocycles. The summed E-state index contributed by atoms with van der Waals surface area (Å²) in [7, 11) is -3.78. The predicted molar refractivity (Wildman–Crippen MR) is 42.6 cm³/mol. The number of rotatable bonds is 5. The monoisotopic (exact) mass is 183 g/mol. The Kier molecular flexibility index (Phi) is 7.94. The van der Waals surface area contributed by atoms with Crippen molar-refractivity contribution in [3.63, 3.8) is 0 Å². The molecule has 0 saturated carbocycles. The van der Waals surface area contributed by atoms with E-state index in [1.165, 1.54) is 6.08 Å². The zero-order valence-electron chi connectivity index (χ0n) is 6.52. The fourth-order valence-corrected chi connectivity index (χ4v) is 1.04. The Balaban J connectivity index is 0. The number of phosphoric acid groups is 1. The molecule has 0 aromatic carbocycles. The van der Waals surface area contributed by atoms with E-state index in [0.29, 0.717) is 0 Å². The first kappa shape index (κ1) is 13.4. The van der Waals surface area contributed by atoms with Gasteiger partial charge < -0.3 is 11.0 Å². The summed E-state index contributed by atoms with van der Waals surface area (Å²) in [4.78, 5) is 8.71. The summed E-state index contributed by atoms with van der Waals surface area (Å²) < 4.78 is 19.4. The largest absolute Gasteiger partial charge is 0.472 e. The molecule has 0 fully saturated rings. The molecule has 4 N–H and O–H groups in total. The average Bonchev–Trinajstić information content (AvgIpc) is 1.84. The van der Waals surface area contributed by atoms with Crippen LogP contribution < -0.4 is 6.15 Å². The minimum atomic E-state index is -3.78. The van der Waals surface area contributed by atoms with Gasteiger partial charge in [-0.1, -0.05) is 6.08 Å². The summed E-state index contributed by atoms with van der Waals surface area (Å²) in [5.41, 5.74) is 0. The number of phosphoric ester groups is 1. The smallest absolute Gasteiger partial charge is 0.344 e. The van der Waals surface area contributed by atoms with Crippen LogP contribution in [0.5, 0.6) is 0 Å². The molecule has 0 rings (SSSR count). The van der Waals surface area contributed by atoms with Gasteiger partial charge in [-0.05, 0) is 6.92 Å². The van der Waals surface area contributed by atoms with Crippen molar-refractivity contribution in [2.45, 2.75) is 6.92 Å². The molecule has 0 amide bonds. The lowest BCUT2D eigenvalue weighted by Crippen LogP contribution is -1.93. The Hall–Kier alpha value is -0.190. The highest BCUT2D eigenvalue weighted by Gasteiger charge is 2.17. The van der Waals surface area contributed by atoms with Crippen molar-refractivity contribution < 1.29 is 18.5 Å². The lowest BCUT2D eigenvalue weighted by molar-refractivity contribution is 0.167. The number of hydrogen-bond acceptors (Lipinski definition) is 4. The van der Waals surface area contributed by atoms with Gasteiger partial charge in [-0.15, -0.1) is 6.58 Å². The summed E-state index contributed by atoms with van der Waals surface area (Å²) in [5, 5.41) is 0. The highest BCUT2D eigenvalue weighted by Crippen LogP contribution is 2.42. The van der Waals surface area contributed by atoms with Gasteiger partial charge in [-0.25, -0.2) is 4.57 Å². The second kappa shape index (κ2) is 6.52. The van der Waals surface area contributed by atoms with E-state index in [2.05, 4.69) is 15.6 Å². The maximum atomic E-state index is 10.6. The van der Waals surface area contributed by atoms with E-state index in [9.17, 15) is 4.57 Å². The molecule has 0 saturated heterocycles. The molecule has 1 unspecified atom stereocenters. The Morgan fingerprint density at radius 2 is 2.18 bits per heavy atom. The zero-order chi connectivity index (χ0) is 8.04. The summed E-state index contributed by atoms with van der Waals surface area (Å²) in [6.45, 7) is 5.10. The van der Waals surface area contributed by atoms with Crippen molar-refractivity contribution >= 4 is 7.82 Å². The third kappa shape index (κ3) is 7.71. The van der Waals surface area contributed by atoms with Gasteiger partial charge in [0.15, 0.2) is 0 Å². The van der Waals surface area contributed by atoms with E-state index in [-0.39, 0.29) is 19.4 Å². The quantitative estimate of drug-likeness (QED) is 0.497. The Morgan fingerprint density at radius 1 is 1.64 bits per heavy atom. The van der Waals surface area contributed by atoms with Crippen molar-refractivity contribution in [2.24, 2.45) is 0 Å². The van der Waals surface area contributed by atoms with Crippen LogP contribution in [0.1, 0.15) is 6.92 Å². The SMILES string of the molecule is C=CCOP(=O)(O)OCC.N. The molecule has 5 nitrogen and oxygen atoms in total. The maximum absolute atomic E-state index is 10.6. The standard InChI is InChI=1S/C5H11O4P.H3N/c1-3-5-9-10(6,7)8-4-2;/h3H,1,4-5H2,2H3,(H,6,7);1H3. The van der Waals surface area contributed by atoms with Crippen LogP contribution in [-0.4, -0.2) is 18.1 Å². The molecule has 0 heterocycles. The minimum absolute atomic E-state index is 0. The van der Waals surface area contributed by atoms with Gasteiger partial charge in [0.05, 0.1) is 13.2 Å². The second-order valence-electron chi connectivity index (χ2n) is 1.47. The molecule has 0 aliphatic carbocycles. The first-order valence-corrected chi connectivity index (χ1v) is 4.34. The molecule has 68 valence electrons. The number of hydrogen-bond donors (Lipinski definition) is 2. The molecule has 6 heteroatoms. The van der Waals surface area contributed by atoms with Crippen molar-refractivity contribution in [1.29, 1.82) is 0 Å². The molecule has 0 bridgehead atoms. The molecule has 11 heavy (non-hydrogen) atoms. The van der Waals surface area contributed by atoms with Gasteiger partial charge in [-0.2, -0.15) is 0 Å². The van der Waals surface area contributed by atoms with Crippen LogP contribution in [0.2, 0.25) is 0 Å². The van der Waals surface area contributed by atoms with Crippen LogP contribution >= 0.6 is 7.82 Å². The first-order valence-electron chi connectivity index (χ1n) is 2.85. The fourth-order valence-electron chi connectivity index (χ4n) is 0.347. The van der Waals surface area contributed by atoms with Crippen molar-refractivity contribution in [1.82, 2.24) is 6.15 Å². The average molecular weight is 183 g/mol. The van der Waals surface area contributed by atoms with Gasteiger partial charge in [0.2, 0.25) is 0 Å². The molecule has 0 aromatic heterocycles. The van der Waals surface area contributed by atoms with Gasteiger partial charge in [0.1, 0.15) is 0 Å². The predicted octanol–water partition coefficient (Wildman–Crippen LogP) is 1.49. The van der Waals surface area contributed by atoms with Crippen LogP contribution in [0.25, 0.3) is 0 Å². The van der Waals surface area contributed by atoms with Gasteiger partial charge in [0, 0.05) is 0 Å². The molecule has 0 aromatic rings. The highest BCUT2D eigenvalue weighted by molar-refractivity contribution is 7.47. The Morgan fingerprint density at radius 3 is 2.55 bits per heavy atom. The van der Waals surface area contributed by atoms with E-state index in [1.807, 2.05) is 0 Å². The van der Waals surface area contributed by atoms with Crippen molar-refractivity contribution in [3.8, 4) is 0 Å². The molecule has 1 atom stereocenters. The summed E-state index contributed by atoms with van der Waals surface area (Å²) in [5.74, 6) is 0. The second-order valence-corrected chi connectivity index (χ2v) is 2.92. The van der Waals surface area contributed by atoms with Crippen LogP contribution in [0.3, 0.4) is 0 Å². The minimum Gasteiger partial charge on any atom is -0.344 e. The molecule has 0 spiro atoms. The normalized spacial score (nSPS) is 14.7. The van der Waals surface area contributed by atoms with Gasteiger partial charge >= 0.3 is 7.82 Å². The van der Waals surface area contributed by atoms with E-state index < -0.39 is 7.82 Å². The van der Waals surface area contributed by atoms with E-state index in [4.69, 9.17) is 4.89 Å². The Bertz CT molecular complexity index is 149. The topological polar surface area (TPSA) is 90.8 Å². The third-order valence-electron chi connectivity index (χ3n) is 0.648. The first-order chi connectivity index (χ1) is 4.62. The third-order valence-corrected chi connectivity index (χ3v) is 1.71. The van der Waals surface area contributed by atoms with Gasteiger partial charge in [-0.3, -0.25) is 9.05 Å². The fraction of sp³-hybridized carbons (Fsp3) is 0.600. The molecular weight excluding hydrogens is 169 g/mol. The highest BCUT2D eigenvalue weighted by atomic mass is 31.2. The van der Waals surface area contributed by atoms with E-state index in [0.717, 1.165) is 0 Å². The maximum Gasteiger partial charge on any atom is 0.472 e. The van der Waals surface area contributed by atoms with Crippen LogP contribution in [0.4, 0.5) is 0 Å². The Labute approximate surface area is 66.2 Å². The summed E-state index contributed by atoms with van der Waals surface area (Å²) >= 11 is 0. The van der Waals surface area contributed by atoms with Crippen LogP contribution in [0.15, 0.2) is 12.7 Å². The van der Waals surface area contributed by atoms with Crippen LogP contribution in [-0.2, 0) is 13.6 Å². The lowest BCUT2D eigenvalue weighted by atomic mass is 10.7. The summed E-state index contributed by atoms with van der Waals surface area (Å²) in [6, 6.07) is 0. The van der Waals surface area contributed by atoms with E-state index in [1.54, 1.807) is 6.92 Å². The summed E-state index contributed by atoms with van der Waals surface area (Å²) in [6.07, 6.45) is 1.38. The lowest BCUT2D eigenvalue weighted by Gasteiger charge is -2.07. The zero-order valence-corrected chi connectivity index (χ0v) is 7.42. The van der Waals surface area contributed by atoms with Gasteiger partial charge in [0.25, 0.3) is 0 Å². The molecule has 0 aliphatic rings. The van der Waals surface area contributed by atoms with Crippen molar-refractivity contribution in [3.05, 3.63) is 12.7 Å². The van der Waals surface area contributed by atoms with E-state index >= 15 is 0 Å². The molecular formula is C5H14NO4P.